The molecular formula is C22H24N2O2S. The lowest BCUT2D eigenvalue weighted by molar-refractivity contribution is -0.113. The number of thioether (sulfide) groups is 1. The molecule has 0 unspecified atom stereocenters. The normalized spacial score (nSPS) is 10.8. The van der Waals surface area contributed by atoms with E-state index in [9.17, 15) is 4.79 Å². The molecule has 4 nitrogen and oxygen atoms in total. The fourth-order valence-electron chi connectivity index (χ4n) is 2.92. The van der Waals surface area contributed by atoms with Crippen LogP contribution < -0.4 is 10.1 Å². The number of anilines is 1. The fourth-order valence-corrected chi connectivity index (χ4v) is 3.81. The molecule has 0 spiro atoms. The maximum absolute atomic E-state index is 12.5. The van der Waals surface area contributed by atoms with Crippen LogP contribution in [0.3, 0.4) is 0 Å². The summed E-state index contributed by atoms with van der Waals surface area (Å²) in [6.07, 6.45) is 0.881. The summed E-state index contributed by atoms with van der Waals surface area (Å²) >= 11 is 1.47. The van der Waals surface area contributed by atoms with Crippen LogP contribution in [-0.4, -0.2) is 23.8 Å². The van der Waals surface area contributed by atoms with Crippen LogP contribution in [0.15, 0.2) is 47.5 Å². The van der Waals surface area contributed by atoms with E-state index >= 15 is 0 Å². The van der Waals surface area contributed by atoms with Crippen LogP contribution in [0.4, 0.5) is 5.69 Å². The van der Waals surface area contributed by atoms with E-state index in [4.69, 9.17) is 9.72 Å². The first-order chi connectivity index (χ1) is 13.0. The smallest absolute Gasteiger partial charge is 0.234 e. The predicted molar refractivity (Wildman–Crippen MR) is 113 cm³/mol. The molecule has 3 aromatic rings. The average Bonchev–Trinajstić information content (AvgIpc) is 2.65. The van der Waals surface area contributed by atoms with Gasteiger partial charge in [0.1, 0.15) is 10.8 Å². The van der Waals surface area contributed by atoms with Crippen molar-refractivity contribution in [1.29, 1.82) is 0 Å². The van der Waals surface area contributed by atoms with E-state index in [1.165, 1.54) is 17.3 Å². The van der Waals surface area contributed by atoms with Crippen LogP contribution in [-0.2, 0) is 11.2 Å². The summed E-state index contributed by atoms with van der Waals surface area (Å²) < 4.78 is 5.33. The second kappa shape index (κ2) is 8.44. The molecule has 1 amide bonds. The molecule has 5 heteroatoms. The number of carbonyl (C=O) groups excluding carboxylic acids is 1. The van der Waals surface area contributed by atoms with Gasteiger partial charge in [0.25, 0.3) is 0 Å². The number of hydrogen-bond acceptors (Lipinski definition) is 4. The highest BCUT2D eigenvalue weighted by Gasteiger charge is 2.12. The van der Waals surface area contributed by atoms with Crippen molar-refractivity contribution in [1.82, 2.24) is 4.98 Å². The van der Waals surface area contributed by atoms with Gasteiger partial charge in [0.05, 0.1) is 24.1 Å². The predicted octanol–water partition coefficient (Wildman–Crippen LogP) is 5.15. The quantitative estimate of drug-likeness (QED) is 0.601. The Morgan fingerprint density at radius 3 is 2.59 bits per heavy atom. The lowest BCUT2D eigenvalue weighted by atomic mass is 10.1. The summed E-state index contributed by atoms with van der Waals surface area (Å²) in [5.74, 6) is 0.888. The number of rotatable bonds is 6. The fraction of sp³-hybridized carbons (Fsp3) is 0.273. The number of benzene rings is 2. The molecule has 1 heterocycles. The second-order valence-electron chi connectivity index (χ2n) is 6.54. The summed E-state index contributed by atoms with van der Waals surface area (Å²) in [5, 5.41) is 5.00. The van der Waals surface area contributed by atoms with Crippen LogP contribution in [0.1, 0.15) is 23.6 Å². The van der Waals surface area contributed by atoms with Crippen LogP contribution in [0.2, 0.25) is 0 Å². The van der Waals surface area contributed by atoms with Gasteiger partial charge in [0.2, 0.25) is 5.91 Å². The van der Waals surface area contributed by atoms with E-state index in [1.54, 1.807) is 7.11 Å². The van der Waals surface area contributed by atoms with Crippen LogP contribution >= 0.6 is 11.8 Å². The number of aryl methyl sites for hydroxylation is 3. The first-order valence-corrected chi connectivity index (χ1v) is 9.96. The zero-order chi connectivity index (χ0) is 19.4. The number of nitrogens with zero attached hydrogens (tertiary/aromatic N) is 1. The van der Waals surface area contributed by atoms with Crippen molar-refractivity contribution in [3.05, 3.63) is 59.2 Å². The zero-order valence-electron chi connectivity index (χ0n) is 16.1. The van der Waals surface area contributed by atoms with Gasteiger partial charge < -0.3 is 10.1 Å². The molecule has 140 valence electrons. The third kappa shape index (κ3) is 4.61. The summed E-state index contributed by atoms with van der Waals surface area (Å²) in [4.78, 5) is 17.3. The molecule has 0 atom stereocenters. The van der Waals surface area contributed by atoms with Crippen LogP contribution in [0.5, 0.6) is 5.75 Å². The minimum absolute atomic E-state index is 0.0721. The molecule has 27 heavy (non-hydrogen) atoms. The molecule has 0 aliphatic rings. The van der Waals surface area contributed by atoms with Crippen molar-refractivity contribution in [2.75, 3.05) is 18.2 Å². The number of carbonyl (C=O) groups is 1. The molecule has 0 radical (unpaired) electrons. The maximum Gasteiger partial charge on any atom is 0.234 e. The first-order valence-electron chi connectivity index (χ1n) is 8.97. The number of hydrogen-bond donors (Lipinski definition) is 1. The number of methoxy groups -OCH3 is 1. The Hall–Kier alpha value is -2.53. The average molecular weight is 381 g/mol. The number of amides is 1. The Morgan fingerprint density at radius 2 is 1.85 bits per heavy atom. The largest absolute Gasteiger partial charge is 0.495 e. The minimum atomic E-state index is -0.0721. The SMILES string of the molecule is CCc1cc2ccc(C)cc2nc1SCC(=O)Nc1cc(C)ccc1OC. The van der Waals surface area contributed by atoms with Crippen molar-refractivity contribution < 1.29 is 9.53 Å². The number of aromatic nitrogens is 1. The summed E-state index contributed by atoms with van der Waals surface area (Å²) in [5.41, 5.74) is 5.08. The summed E-state index contributed by atoms with van der Waals surface area (Å²) in [6, 6.07) is 14.2. The number of ether oxygens (including phenoxy) is 1. The molecule has 3 rings (SSSR count). The highest BCUT2D eigenvalue weighted by atomic mass is 32.2. The Bertz CT molecular complexity index is 985. The third-order valence-electron chi connectivity index (χ3n) is 4.36. The Morgan fingerprint density at radius 1 is 1.11 bits per heavy atom. The molecule has 2 aromatic carbocycles. The number of nitrogens with one attached hydrogen (secondary N) is 1. The van der Waals surface area contributed by atoms with E-state index in [1.807, 2.05) is 25.1 Å². The van der Waals surface area contributed by atoms with Crippen molar-refractivity contribution in [3.8, 4) is 5.75 Å². The summed E-state index contributed by atoms with van der Waals surface area (Å²) in [6.45, 7) is 6.15. The minimum Gasteiger partial charge on any atom is -0.495 e. The molecule has 0 bridgehead atoms. The van der Waals surface area contributed by atoms with Crippen molar-refractivity contribution in [2.24, 2.45) is 0 Å². The van der Waals surface area contributed by atoms with E-state index in [-0.39, 0.29) is 5.91 Å². The third-order valence-corrected chi connectivity index (χ3v) is 5.40. The van der Waals surface area contributed by atoms with Crippen LogP contribution in [0.25, 0.3) is 10.9 Å². The first kappa shape index (κ1) is 19.2. The standard InChI is InChI=1S/C22H24N2O2S/c1-5-16-12-17-8-6-14(2)10-18(17)24-22(16)27-13-21(25)23-19-11-15(3)7-9-20(19)26-4/h6-12H,5,13H2,1-4H3,(H,23,25). The van der Waals surface area contributed by atoms with Gasteiger partial charge in [-0.05, 0) is 61.2 Å². The molecule has 1 aromatic heterocycles. The Kier molecular flexibility index (Phi) is 6.01. The van der Waals surface area contributed by atoms with Crippen molar-refractivity contribution in [2.45, 2.75) is 32.2 Å². The zero-order valence-corrected chi connectivity index (χ0v) is 16.9. The van der Waals surface area contributed by atoms with Gasteiger partial charge in [-0.1, -0.05) is 36.9 Å². The lowest BCUT2D eigenvalue weighted by Crippen LogP contribution is -2.15. The van der Waals surface area contributed by atoms with Gasteiger partial charge in [-0.2, -0.15) is 0 Å². The summed E-state index contributed by atoms with van der Waals surface area (Å²) in [7, 11) is 1.60. The molecule has 0 saturated heterocycles. The van der Waals surface area contributed by atoms with E-state index < -0.39 is 0 Å². The maximum atomic E-state index is 12.5. The number of pyridine rings is 1. The highest BCUT2D eigenvalue weighted by molar-refractivity contribution is 8.00. The highest BCUT2D eigenvalue weighted by Crippen LogP contribution is 2.28. The molecule has 0 saturated carbocycles. The molecule has 0 fully saturated rings. The van der Waals surface area contributed by atoms with Crippen molar-refractivity contribution in [3.63, 3.8) is 0 Å². The molecule has 0 aliphatic carbocycles. The Labute approximate surface area is 164 Å². The van der Waals surface area contributed by atoms with E-state index in [0.29, 0.717) is 17.2 Å². The number of fused-ring (bicyclic) bond motifs is 1. The van der Waals surface area contributed by atoms with Crippen LogP contribution in [0, 0.1) is 13.8 Å². The lowest BCUT2D eigenvalue weighted by Gasteiger charge is -2.12. The van der Waals surface area contributed by atoms with Crippen molar-refractivity contribution >= 4 is 34.3 Å². The van der Waals surface area contributed by atoms with Gasteiger partial charge in [0, 0.05) is 5.39 Å². The Balaban J connectivity index is 1.76. The monoisotopic (exact) mass is 380 g/mol. The molecular weight excluding hydrogens is 356 g/mol. The molecule has 1 N–H and O–H groups in total. The van der Waals surface area contributed by atoms with Gasteiger partial charge in [-0.15, -0.1) is 0 Å². The van der Waals surface area contributed by atoms with Gasteiger partial charge in [-0.25, -0.2) is 4.98 Å². The molecule has 0 aliphatic heterocycles. The van der Waals surface area contributed by atoms with Gasteiger partial charge >= 0.3 is 0 Å². The van der Waals surface area contributed by atoms with Gasteiger partial charge in [0.15, 0.2) is 0 Å². The van der Waals surface area contributed by atoms with E-state index in [0.717, 1.165) is 33.5 Å². The second-order valence-corrected chi connectivity index (χ2v) is 7.51. The van der Waals surface area contributed by atoms with Gasteiger partial charge in [-0.3, -0.25) is 4.79 Å². The van der Waals surface area contributed by atoms with E-state index in [2.05, 4.69) is 43.4 Å². The topological polar surface area (TPSA) is 51.2 Å².